The summed E-state index contributed by atoms with van der Waals surface area (Å²) in [5.41, 5.74) is 0.874. The first-order valence-electron chi connectivity index (χ1n) is 5.43. The third kappa shape index (κ3) is 2.13. The summed E-state index contributed by atoms with van der Waals surface area (Å²) in [7, 11) is 1.76. The van der Waals surface area contributed by atoms with Crippen LogP contribution in [0.4, 0.5) is 5.82 Å². The van der Waals surface area contributed by atoms with Crippen LogP contribution in [0, 0.1) is 6.92 Å². The summed E-state index contributed by atoms with van der Waals surface area (Å²) in [5.74, 6) is 0.795. The Hall–Kier alpha value is -0.870. The number of nitrogens with one attached hydrogen (secondary N) is 1. The summed E-state index contributed by atoms with van der Waals surface area (Å²) in [6.45, 7) is 2.68. The van der Waals surface area contributed by atoms with Gasteiger partial charge in [-0.2, -0.15) is 0 Å². The lowest BCUT2D eigenvalue weighted by molar-refractivity contribution is -0.0601. The molecular formula is C11H16ClN3O. The van der Waals surface area contributed by atoms with E-state index in [1.165, 1.54) is 12.7 Å². The second kappa shape index (κ2) is 4.55. The summed E-state index contributed by atoms with van der Waals surface area (Å²) >= 11 is 5.92. The van der Waals surface area contributed by atoms with E-state index >= 15 is 0 Å². The van der Waals surface area contributed by atoms with Crippen molar-refractivity contribution in [1.82, 2.24) is 9.97 Å². The van der Waals surface area contributed by atoms with E-state index in [0.29, 0.717) is 5.15 Å². The first kappa shape index (κ1) is 11.6. The van der Waals surface area contributed by atoms with Gasteiger partial charge < -0.3 is 10.1 Å². The minimum Gasteiger partial charge on any atom is -0.376 e. The van der Waals surface area contributed by atoms with E-state index in [1.54, 1.807) is 7.11 Å². The van der Waals surface area contributed by atoms with Crippen molar-refractivity contribution in [2.45, 2.75) is 31.8 Å². The minimum absolute atomic E-state index is 0.0101. The zero-order valence-electron chi connectivity index (χ0n) is 9.59. The summed E-state index contributed by atoms with van der Waals surface area (Å²) in [6.07, 6.45) is 4.92. The lowest BCUT2D eigenvalue weighted by Crippen LogP contribution is -2.45. The van der Waals surface area contributed by atoms with Crippen LogP contribution < -0.4 is 5.32 Å². The highest BCUT2D eigenvalue weighted by Gasteiger charge is 2.36. The normalized spacial score (nSPS) is 17.9. The standard InChI is InChI=1S/C11H16ClN3O/c1-8-9(12)14-7-15-10(8)13-6-11(16-2)4-3-5-11/h7H,3-6H2,1-2H3,(H,13,14,15). The Morgan fingerprint density at radius 1 is 1.50 bits per heavy atom. The number of anilines is 1. The third-order valence-corrected chi connectivity index (χ3v) is 3.68. The van der Waals surface area contributed by atoms with Crippen molar-refractivity contribution in [2.24, 2.45) is 0 Å². The predicted octanol–water partition coefficient (Wildman–Crippen LogP) is 2.42. The van der Waals surface area contributed by atoms with Crippen LogP contribution >= 0.6 is 11.6 Å². The van der Waals surface area contributed by atoms with Crippen molar-refractivity contribution in [3.63, 3.8) is 0 Å². The van der Waals surface area contributed by atoms with Crippen LogP contribution in [0.2, 0.25) is 5.15 Å². The van der Waals surface area contributed by atoms with Gasteiger partial charge in [-0.15, -0.1) is 0 Å². The molecule has 88 valence electrons. The summed E-state index contributed by atoms with van der Waals surface area (Å²) in [6, 6.07) is 0. The smallest absolute Gasteiger partial charge is 0.137 e. The van der Waals surface area contributed by atoms with Crippen LogP contribution in [-0.4, -0.2) is 29.2 Å². The molecule has 16 heavy (non-hydrogen) atoms. The number of hydrogen-bond acceptors (Lipinski definition) is 4. The molecule has 0 amide bonds. The first-order chi connectivity index (χ1) is 7.67. The molecule has 0 bridgehead atoms. The summed E-state index contributed by atoms with van der Waals surface area (Å²) in [4.78, 5) is 8.09. The predicted molar refractivity (Wildman–Crippen MR) is 63.9 cm³/mol. The Morgan fingerprint density at radius 2 is 2.25 bits per heavy atom. The molecule has 1 fully saturated rings. The van der Waals surface area contributed by atoms with E-state index in [9.17, 15) is 0 Å². The molecule has 0 radical (unpaired) electrons. The van der Waals surface area contributed by atoms with Gasteiger partial charge >= 0.3 is 0 Å². The van der Waals surface area contributed by atoms with Gasteiger partial charge in [0.25, 0.3) is 0 Å². The van der Waals surface area contributed by atoms with Crippen molar-refractivity contribution in [3.05, 3.63) is 17.0 Å². The van der Waals surface area contributed by atoms with Gasteiger partial charge in [0.05, 0.1) is 5.60 Å². The highest BCUT2D eigenvalue weighted by molar-refractivity contribution is 6.30. The Balaban J connectivity index is 2.02. The Labute approximate surface area is 100 Å². The maximum absolute atomic E-state index is 5.92. The van der Waals surface area contributed by atoms with Crippen LogP contribution in [-0.2, 0) is 4.74 Å². The molecule has 0 aromatic carbocycles. The average molecular weight is 242 g/mol. The molecule has 1 aromatic rings. The molecule has 0 aliphatic heterocycles. The van der Waals surface area contributed by atoms with Crippen LogP contribution in [0.3, 0.4) is 0 Å². The van der Waals surface area contributed by atoms with Gasteiger partial charge in [-0.25, -0.2) is 9.97 Å². The van der Waals surface area contributed by atoms with Gasteiger partial charge in [0.1, 0.15) is 17.3 Å². The van der Waals surface area contributed by atoms with Gasteiger partial charge in [0.15, 0.2) is 0 Å². The molecular weight excluding hydrogens is 226 g/mol. The van der Waals surface area contributed by atoms with Gasteiger partial charge in [-0.05, 0) is 26.2 Å². The zero-order chi connectivity index (χ0) is 11.6. The number of ether oxygens (including phenoxy) is 1. The van der Waals surface area contributed by atoms with Crippen molar-refractivity contribution in [3.8, 4) is 0 Å². The van der Waals surface area contributed by atoms with E-state index in [0.717, 1.165) is 30.8 Å². The number of methoxy groups -OCH3 is 1. The number of aromatic nitrogens is 2. The van der Waals surface area contributed by atoms with Crippen LogP contribution in [0.25, 0.3) is 0 Å². The fraction of sp³-hybridized carbons (Fsp3) is 0.636. The van der Waals surface area contributed by atoms with Crippen LogP contribution in [0.5, 0.6) is 0 Å². The number of hydrogen-bond donors (Lipinski definition) is 1. The Kier molecular flexibility index (Phi) is 3.30. The van der Waals surface area contributed by atoms with Gasteiger partial charge in [-0.1, -0.05) is 11.6 Å². The molecule has 0 atom stereocenters. The number of halogens is 1. The van der Waals surface area contributed by atoms with Crippen LogP contribution in [0.1, 0.15) is 24.8 Å². The van der Waals surface area contributed by atoms with Crippen molar-refractivity contribution in [2.75, 3.05) is 19.0 Å². The molecule has 5 heteroatoms. The molecule has 4 nitrogen and oxygen atoms in total. The minimum atomic E-state index is -0.0101. The van der Waals surface area contributed by atoms with Gasteiger partial charge in [-0.3, -0.25) is 0 Å². The molecule has 1 heterocycles. The van der Waals surface area contributed by atoms with Crippen LogP contribution in [0.15, 0.2) is 6.33 Å². The van der Waals surface area contributed by atoms with E-state index in [-0.39, 0.29) is 5.60 Å². The highest BCUT2D eigenvalue weighted by atomic mass is 35.5. The van der Waals surface area contributed by atoms with E-state index < -0.39 is 0 Å². The largest absolute Gasteiger partial charge is 0.376 e. The lowest BCUT2D eigenvalue weighted by Gasteiger charge is -2.40. The molecule has 1 aliphatic carbocycles. The molecule has 0 unspecified atom stereocenters. The van der Waals surface area contributed by atoms with Crippen molar-refractivity contribution < 1.29 is 4.74 Å². The quantitative estimate of drug-likeness (QED) is 0.823. The number of rotatable bonds is 4. The van der Waals surface area contributed by atoms with Crippen molar-refractivity contribution in [1.29, 1.82) is 0 Å². The first-order valence-corrected chi connectivity index (χ1v) is 5.81. The maximum atomic E-state index is 5.92. The topological polar surface area (TPSA) is 47.0 Å². The SMILES string of the molecule is COC1(CNc2ncnc(Cl)c2C)CCC1. The molecule has 1 saturated carbocycles. The molecule has 1 aliphatic rings. The lowest BCUT2D eigenvalue weighted by atomic mass is 9.80. The van der Waals surface area contributed by atoms with Gasteiger partial charge in [0, 0.05) is 19.2 Å². The fourth-order valence-corrected chi connectivity index (χ4v) is 2.01. The summed E-state index contributed by atoms with van der Waals surface area (Å²) < 4.78 is 5.53. The monoisotopic (exact) mass is 241 g/mol. The molecule has 2 rings (SSSR count). The third-order valence-electron chi connectivity index (χ3n) is 3.30. The summed E-state index contributed by atoms with van der Waals surface area (Å²) in [5, 5.41) is 3.78. The van der Waals surface area contributed by atoms with Crippen molar-refractivity contribution >= 4 is 17.4 Å². The molecule has 0 spiro atoms. The molecule has 0 saturated heterocycles. The highest BCUT2D eigenvalue weighted by Crippen LogP contribution is 2.35. The van der Waals surface area contributed by atoms with E-state index in [1.807, 2.05) is 6.92 Å². The van der Waals surface area contributed by atoms with E-state index in [4.69, 9.17) is 16.3 Å². The Bertz CT molecular complexity index is 374. The number of nitrogens with zero attached hydrogens (tertiary/aromatic N) is 2. The Morgan fingerprint density at radius 3 is 2.81 bits per heavy atom. The fourth-order valence-electron chi connectivity index (χ4n) is 1.88. The van der Waals surface area contributed by atoms with E-state index in [2.05, 4.69) is 15.3 Å². The molecule has 1 aromatic heterocycles. The second-order valence-electron chi connectivity index (χ2n) is 4.23. The molecule has 1 N–H and O–H groups in total. The second-order valence-corrected chi connectivity index (χ2v) is 4.59. The zero-order valence-corrected chi connectivity index (χ0v) is 10.3. The van der Waals surface area contributed by atoms with Gasteiger partial charge in [0.2, 0.25) is 0 Å². The average Bonchev–Trinajstić information content (AvgIpc) is 2.23. The maximum Gasteiger partial charge on any atom is 0.137 e.